The van der Waals surface area contributed by atoms with E-state index < -0.39 is 0 Å². The zero-order valence-corrected chi connectivity index (χ0v) is 13.7. The van der Waals surface area contributed by atoms with Crippen LogP contribution in [-0.2, 0) is 0 Å². The molecular formula is C19H15F2N3O2. The highest BCUT2D eigenvalue weighted by Crippen LogP contribution is 2.33. The predicted molar refractivity (Wildman–Crippen MR) is 89.1 cm³/mol. The Morgan fingerprint density at radius 3 is 2.38 bits per heavy atom. The molecular weight excluding hydrogens is 340 g/mol. The van der Waals surface area contributed by atoms with Gasteiger partial charge in [0.2, 0.25) is 11.7 Å². The quantitative estimate of drug-likeness (QED) is 0.713. The molecule has 0 spiro atoms. The van der Waals surface area contributed by atoms with Crippen LogP contribution in [0.15, 0.2) is 53.1 Å². The van der Waals surface area contributed by atoms with Crippen LogP contribution in [0.2, 0.25) is 0 Å². The van der Waals surface area contributed by atoms with E-state index in [-0.39, 0.29) is 23.6 Å². The van der Waals surface area contributed by atoms with Gasteiger partial charge in [0, 0.05) is 17.7 Å². The lowest BCUT2D eigenvalue weighted by molar-refractivity contribution is 0.0710. The maximum Gasteiger partial charge on any atom is 0.254 e. The van der Waals surface area contributed by atoms with E-state index >= 15 is 0 Å². The molecule has 0 unspecified atom stereocenters. The largest absolute Gasteiger partial charge is 0.337 e. The Balaban J connectivity index is 1.58. The number of halogens is 2. The van der Waals surface area contributed by atoms with E-state index in [0.717, 1.165) is 6.42 Å². The number of benzene rings is 2. The van der Waals surface area contributed by atoms with E-state index in [1.807, 2.05) is 0 Å². The molecule has 1 aliphatic rings. The van der Waals surface area contributed by atoms with Crippen molar-refractivity contribution in [2.75, 3.05) is 6.54 Å². The fourth-order valence-corrected chi connectivity index (χ4v) is 3.11. The Morgan fingerprint density at radius 1 is 1.04 bits per heavy atom. The average molecular weight is 355 g/mol. The molecule has 132 valence electrons. The van der Waals surface area contributed by atoms with Crippen LogP contribution in [0.5, 0.6) is 0 Å². The lowest BCUT2D eigenvalue weighted by atomic mass is 10.1. The van der Waals surface area contributed by atoms with Crippen molar-refractivity contribution in [2.45, 2.75) is 18.9 Å². The minimum Gasteiger partial charge on any atom is -0.337 e. The summed E-state index contributed by atoms with van der Waals surface area (Å²) >= 11 is 0. The molecule has 3 aromatic rings. The maximum atomic E-state index is 13.1. The second-order valence-corrected chi connectivity index (χ2v) is 6.13. The van der Waals surface area contributed by atoms with Gasteiger partial charge in [-0.15, -0.1) is 0 Å². The first-order valence-corrected chi connectivity index (χ1v) is 8.28. The molecule has 1 aliphatic heterocycles. The van der Waals surface area contributed by atoms with Crippen molar-refractivity contribution in [3.05, 3.63) is 71.6 Å². The van der Waals surface area contributed by atoms with Crippen molar-refractivity contribution in [1.29, 1.82) is 0 Å². The van der Waals surface area contributed by atoms with Crippen molar-refractivity contribution in [3.63, 3.8) is 0 Å². The van der Waals surface area contributed by atoms with E-state index in [0.29, 0.717) is 35.8 Å². The van der Waals surface area contributed by atoms with Crippen molar-refractivity contribution >= 4 is 5.91 Å². The number of hydrogen-bond donors (Lipinski definition) is 0. The first kappa shape index (κ1) is 16.4. The van der Waals surface area contributed by atoms with Crippen molar-refractivity contribution < 1.29 is 18.1 Å². The number of amides is 1. The summed E-state index contributed by atoms with van der Waals surface area (Å²) in [6.45, 7) is 0.565. The molecule has 1 aromatic heterocycles. The minimum absolute atomic E-state index is 0.200. The second-order valence-electron chi connectivity index (χ2n) is 6.13. The van der Waals surface area contributed by atoms with Crippen LogP contribution < -0.4 is 0 Å². The van der Waals surface area contributed by atoms with Gasteiger partial charge in [-0.1, -0.05) is 5.16 Å². The third kappa shape index (κ3) is 3.08. The highest BCUT2D eigenvalue weighted by atomic mass is 19.1. The molecule has 1 atom stereocenters. The van der Waals surface area contributed by atoms with Gasteiger partial charge in [0.25, 0.3) is 5.91 Å². The summed E-state index contributed by atoms with van der Waals surface area (Å²) in [5, 5.41) is 3.94. The smallest absolute Gasteiger partial charge is 0.254 e. The second kappa shape index (κ2) is 6.67. The van der Waals surface area contributed by atoms with Crippen molar-refractivity contribution in [3.8, 4) is 11.4 Å². The first-order valence-electron chi connectivity index (χ1n) is 8.28. The van der Waals surface area contributed by atoms with Gasteiger partial charge in [0.1, 0.15) is 17.7 Å². The predicted octanol–water partition coefficient (Wildman–Crippen LogP) is 3.99. The highest BCUT2D eigenvalue weighted by Gasteiger charge is 2.34. The van der Waals surface area contributed by atoms with E-state index in [1.54, 1.807) is 17.0 Å². The molecule has 26 heavy (non-hydrogen) atoms. The van der Waals surface area contributed by atoms with Crippen molar-refractivity contribution in [2.24, 2.45) is 0 Å². The molecule has 5 nitrogen and oxygen atoms in total. The Hall–Kier alpha value is -3.09. The minimum atomic E-state index is -0.389. The summed E-state index contributed by atoms with van der Waals surface area (Å²) in [6.07, 6.45) is 1.52. The van der Waals surface area contributed by atoms with E-state index in [9.17, 15) is 13.6 Å². The molecule has 0 N–H and O–H groups in total. The molecule has 4 rings (SSSR count). The maximum absolute atomic E-state index is 13.1. The first-order chi connectivity index (χ1) is 12.6. The fraction of sp³-hybridized carbons (Fsp3) is 0.211. The zero-order valence-electron chi connectivity index (χ0n) is 13.7. The van der Waals surface area contributed by atoms with E-state index in [1.165, 1.54) is 36.4 Å². The number of aromatic nitrogens is 2. The van der Waals surface area contributed by atoms with Gasteiger partial charge in [-0.25, -0.2) is 8.78 Å². The molecule has 2 aromatic carbocycles. The van der Waals surface area contributed by atoms with Gasteiger partial charge in [-0.2, -0.15) is 4.98 Å². The molecule has 0 saturated carbocycles. The number of rotatable bonds is 3. The van der Waals surface area contributed by atoms with Crippen LogP contribution in [0.25, 0.3) is 11.4 Å². The molecule has 0 aliphatic carbocycles. The Bertz CT molecular complexity index is 923. The summed E-state index contributed by atoms with van der Waals surface area (Å²) in [7, 11) is 0. The molecule has 0 bridgehead atoms. The van der Waals surface area contributed by atoms with Crippen LogP contribution in [0, 0.1) is 11.6 Å². The molecule has 7 heteroatoms. The third-order valence-corrected chi connectivity index (χ3v) is 4.43. The third-order valence-electron chi connectivity index (χ3n) is 4.43. The highest BCUT2D eigenvalue weighted by molar-refractivity contribution is 5.94. The molecule has 2 heterocycles. The van der Waals surface area contributed by atoms with Crippen LogP contribution >= 0.6 is 0 Å². The number of hydrogen-bond acceptors (Lipinski definition) is 4. The lowest BCUT2D eigenvalue weighted by Crippen LogP contribution is -2.30. The number of carbonyl (C=O) groups excluding carboxylic acids is 1. The fourth-order valence-electron chi connectivity index (χ4n) is 3.11. The van der Waals surface area contributed by atoms with Crippen LogP contribution in [0.3, 0.4) is 0 Å². The topological polar surface area (TPSA) is 59.2 Å². The van der Waals surface area contributed by atoms with Crippen LogP contribution in [-0.4, -0.2) is 27.5 Å². The summed E-state index contributed by atoms with van der Waals surface area (Å²) in [5.74, 6) is -0.239. The van der Waals surface area contributed by atoms with Gasteiger partial charge in [-0.05, 0) is 61.4 Å². The molecule has 1 fully saturated rings. The number of nitrogens with zero attached hydrogens (tertiary/aromatic N) is 3. The van der Waals surface area contributed by atoms with E-state index in [4.69, 9.17) is 4.52 Å². The summed E-state index contributed by atoms with van der Waals surface area (Å²) in [5.41, 5.74) is 1.05. The van der Waals surface area contributed by atoms with Gasteiger partial charge in [-0.3, -0.25) is 4.79 Å². The van der Waals surface area contributed by atoms with Gasteiger partial charge in [0.15, 0.2) is 0 Å². The van der Waals surface area contributed by atoms with Gasteiger partial charge >= 0.3 is 0 Å². The molecule has 1 saturated heterocycles. The lowest BCUT2D eigenvalue weighted by Gasteiger charge is -2.21. The summed E-state index contributed by atoms with van der Waals surface area (Å²) < 4.78 is 31.5. The van der Waals surface area contributed by atoms with Gasteiger partial charge < -0.3 is 9.42 Å². The van der Waals surface area contributed by atoms with Crippen molar-refractivity contribution in [1.82, 2.24) is 15.0 Å². The summed E-state index contributed by atoms with van der Waals surface area (Å²) in [4.78, 5) is 18.8. The van der Waals surface area contributed by atoms with Gasteiger partial charge in [0.05, 0.1) is 0 Å². The Labute approximate surface area is 148 Å². The SMILES string of the molecule is O=C(c1ccc(F)cc1)N1CCC[C@H]1c1nc(-c2ccc(F)cc2)no1. The van der Waals surface area contributed by atoms with Crippen LogP contribution in [0.4, 0.5) is 8.78 Å². The monoisotopic (exact) mass is 355 g/mol. The normalized spacial score (nSPS) is 16.8. The molecule has 0 radical (unpaired) electrons. The average Bonchev–Trinajstić information content (AvgIpc) is 3.31. The van der Waals surface area contributed by atoms with Crippen LogP contribution in [0.1, 0.15) is 35.1 Å². The molecule has 1 amide bonds. The number of carbonyl (C=O) groups is 1. The standard InChI is InChI=1S/C19H15F2N3O2/c20-14-7-3-12(4-8-14)17-22-18(26-23-17)16-2-1-11-24(16)19(25)13-5-9-15(21)10-6-13/h3-10,16H,1-2,11H2/t16-/m0/s1. The summed E-state index contributed by atoms with van der Waals surface area (Å²) in [6, 6.07) is 10.9. The van der Waals surface area contributed by atoms with E-state index in [2.05, 4.69) is 10.1 Å². The Kier molecular flexibility index (Phi) is 4.20. The number of likely N-dealkylation sites (tertiary alicyclic amines) is 1. The zero-order chi connectivity index (χ0) is 18.1. The Morgan fingerprint density at radius 2 is 1.69 bits per heavy atom.